The summed E-state index contributed by atoms with van der Waals surface area (Å²) in [6, 6.07) is 8.97. The molecule has 0 amide bonds. The summed E-state index contributed by atoms with van der Waals surface area (Å²) in [6.07, 6.45) is 4.77. The molecule has 0 unspecified atom stereocenters. The number of ether oxygens (including phenoxy) is 1. The van der Waals surface area contributed by atoms with Crippen LogP contribution in [0, 0.1) is 0 Å². The third kappa shape index (κ3) is 4.90. The average Bonchev–Trinajstić information content (AvgIpc) is 2.96. The molecule has 0 saturated heterocycles. The van der Waals surface area contributed by atoms with Gasteiger partial charge in [0.2, 0.25) is 0 Å². The predicted molar refractivity (Wildman–Crippen MR) is 85.6 cm³/mol. The molecule has 21 heavy (non-hydrogen) atoms. The monoisotopic (exact) mass is 287 g/mol. The first-order chi connectivity index (χ1) is 10.2. The Morgan fingerprint density at radius 1 is 1.19 bits per heavy atom. The molecular weight excluding hydrogens is 262 g/mol. The van der Waals surface area contributed by atoms with E-state index in [-0.39, 0.29) is 0 Å². The summed E-state index contributed by atoms with van der Waals surface area (Å²) in [5.41, 5.74) is 2.53. The van der Waals surface area contributed by atoms with Gasteiger partial charge in [0.25, 0.3) is 0 Å². The molecule has 0 radical (unpaired) electrons. The topological polar surface area (TPSA) is 39.1 Å². The van der Waals surface area contributed by atoms with E-state index in [0.717, 1.165) is 25.3 Å². The molecule has 0 aliphatic rings. The average molecular weight is 287 g/mol. The van der Waals surface area contributed by atoms with E-state index in [1.807, 2.05) is 10.9 Å². The number of hydrogen-bond donors (Lipinski definition) is 1. The van der Waals surface area contributed by atoms with Gasteiger partial charge in [-0.25, -0.2) is 0 Å². The number of rotatable bonds is 8. The molecular formula is C17H25N3O. The van der Waals surface area contributed by atoms with Crippen LogP contribution in [-0.4, -0.2) is 22.9 Å². The maximum atomic E-state index is 5.77. The molecule has 1 aromatic heterocycles. The van der Waals surface area contributed by atoms with Crippen LogP contribution in [0.25, 0.3) is 0 Å². The largest absolute Gasteiger partial charge is 0.486 e. The minimum atomic E-state index is 0.360. The van der Waals surface area contributed by atoms with Gasteiger partial charge in [0, 0.05) is 6.04 Å². The standard InChI is InChI=1S/C17H25N3O/c1-4-18-10-9-15-5-7-16(8-6-15)13-21-17-11-19-20(12-17)14(2)3/h5-8,11-12,14,18H,4,9-10,13H2,1-3H3. The van der Waals surface area contributed by atoms with Crippen molar-refractivity contribution in [2.45, 2.75) is 39.8 Å². The Hall–Kier alpha value is -1.81. The number of aromatic nitrogens is 2. The summed E-state index contributed by atoms with van der Waals surface area (Å²) in [5.74, 6) is 0.819. The van der Waals surface area contributed by atoms with Gasteiger partial charge in [-0.2, -0.15) is 5.10 Å². The fraction of sp³-hybridized carbons (Fsp3) is 0.471. The van der Waals surface area contributed by atoms with E-state index in [1.165, 1.54) is 11.1 Å². The molecule has 0 atom stereocenters. The van der Waals surface area contributed by atoms with Gasteiger partial charge in [0.1, 0.15) is 6.61 Å². The van der Waals surface area contributed by atoms with Crippen molar-refractivity contribution in [2.24, 2.45) is 0 Å². The van der Waals surface area contributed by atoms with Crippen LogP contribution >= 0.6 is 0 Å². The lowest BCUT2D eigenvalue weighted by Gasteiger charge is -2.06. The van der Waals surface area contributed by atoms with Gasteiger partial charge >= 0.3 is 0 Å². The second kappa shape index (κ2) is 7.84. The molecule has 0 aliphatic heterocycles. The number of nitrogens with one attached hydrogen (secondary N) is 1. The van der Waals surface area contributed by atoms with E-state index < -0.39 is 0 Å². The van der Waals surface area contributed by atoms with Crippen LogP contribution in [0.1, 0.15) is 37.9 Å². The maximum absolute atomic E-state index is 5.77. The summed E-state index contributed by atoms with van der Waals surface area (Å²) in [7, 11) is 0. The smallest absolute Gasteiger partial charge is 0.157 e. The van der Waals surface area contributed by atoms with Crippen molar-refractivity contribution in [1.82, 2.24) is 15.1 Å². The Labute approximate surface area is 127 Å². The molecule has 4 heteroatoms. The van der Waals surface area contributed by atoms with Crippen LogP contribution in [0.4, 0.5) is 0 Å². The van der Waals surface area contributed by atoms with E-state index >= 15 is 0 Å². The van der Waals surface area contributed by atoms with Crippen LogP contribution in [0.5, 0.6) is 5.75 Å². The highest BCUT2D eigenvalue weighted by Gasteiger charge is 2.03. The van der Waals surface area contributed by atoms with Crippen molar-refractivity contribution in [3.8, 4) is 5.75 Å². The van der Waals surface area contributed by atoms with E-state index in [2.05, 4.69) is 55.5 Å². The normalized spacial score (nSPS) is 11.0. The van der Waals surface area contributed by atoms with Crippen molar-refractivity contribution in [2.75, 3.05) is 13.1 Å². The minimum absolute atomic E-state index is 0.360. The van der Waals surface area contributed by atoms with Crippen molar-refractivity contribution in [3.63, 3.8) is 0 Å². The first-order valence-corrected chi connectivity index (χ1v) is 7.64. The highest BCUT2D eigenvalue weighted by molar-refractivity contribution is 5.23. The van der Waals surface area contributed by atoms with Crippen LogP contribution in [0.2, 0.25) is 0 Å². The summed E-state index contributed by atoms with van der Waals surface area (Å²) >= 11 is 0. The van der Waals surface area contributed by atoms with Crippen LogP contribution < -0.4 is 10.1 Å². The zero-order valence-corrected chi connectivity index (χ0v) is 13.2. The lowest BCUT2D eigenvalue weighted by molar-refractivity contribution is 0.305. The van der Waals surface area contributed by atoms with Crippen LogP contribution in [0.3, 0.4) is 0 Å². The molecule has 1 N–H and O–H groups in total. The lowest BCUT2D eigenvalue weighted by atomic mass is 10.1. The Kier molecular flexibility index (Phi) is 5.81. The second-order valence-corrected chi connectivity index (χ2v) is 5.46. The fourth-order valence-electron chi connectivity index (χ4n) is 2.06. The third-order valence-corrected chi connectivity index (χ3v) is 3.38. The van der Waals surface area contributed by atoms with Gasteiger partial charge in [0.15, 0.2) is 5.75 Å². The zero-order valence-electron chi connectivity index (χ0n) is 13.2. The number of hydrogen-bond acceptors (Lipinski definition) is 3. The van der Waals surface area contributed by atoms with E-state index in [4.69, 9.17) is 4.74 Å². The Balaban J connectivity index is 1.82. The van der Waals surface area contributed by atoms with Crippen LogP contribution in [0.15, 0.2) is 36.7 Å². The highest BCUT2D eigenvalue weighted by Crippen LogP contribution is 2.14. The summed E-state index contributed by atoms with van der Waals surface area (Å²) in [5, 5.41) is 7.60. The van der Waals surface area contributed by atoms with Crippen LogP contribution in [-0.2, 0) is 13.0 Å². The van der Waals surface area contributed by atoms with E-state index in [1.54, 1.807) is 6.20 Å². The molecule has 2 rings (SSSR count). The minimum Gasteiger partial charge on any atom is -0.486 e. The zero-order chi connectivity index (χ0) is 15.1. The highest BCUT2D eigenvalue weighted by atomic mass is 16.5. The first-order valence-electron chi connectivity index (χ1n) is 7.64. The van der Waals surface area contributed by atoms with Gasteiger partial charge in [-0.15, -0.1) is 0 Å². The molecule has 1 heterocycles. The molecule has 114 valence electrons. The molecule has 1 aromatic carbocycles. The molecule has 0 bridgehead atoms. The van der Waals surface area contributed by atoms with Gasteiger partial charge < -0.3 is 10.1 Å². The van der Waals surface area contributed by atoms with E-state index in [9.17, 15) is 0 Å². The predicted octanol–water partition coefficient (Wildman–Crippen LogP) is 3.20. The molecule has 0 spiro atoms. The number of nitrogens with zero attached hydrogens (tertiary/aromatic N) is 2. The van der Waals surface area contributed by atoms with Crippen molar-refractivity contribution in [1.29, 1.82) is 0 Å². The third-order valence-electron chi connectivity index (χ3n) is 3.38. The molecule has 0 aliphatic carbocycles. The molecule has 0 fully saturated rings. The second-order valence-electron chi connectivity index (χ2n) is 5.46. The maximum Gasteiger partial charge on any atom is 0.157 e. The molecule has 4 nitrogen and oxygen atoms in total. The SMILES string of the molecule is CCNCCc1ccc(COc2cnn(C(C)C)c2)cc1. The fourth-order valence-corrected chi connectivity index (χ4v) is 2.06. The summed E-state index contributed by atoms with van der Waals surface area (Å²) in [6.45, 7) is 8.96. The van der Waals surface area contributed by atoms with Gasteiger partial charge in [-0.1, -0.05) is 31.2 Å². The summed E-state index contributed by atoms with van der Waals surface area (Å²) < 4.78 is 7.67. The Morgan fingerprint density at radius 2 is 1.90 bits per heavy atom. The van der Waals surface area contributed by atoms with Gasteiger partial charge in [-0.3, -0.25) is 4.68 Å². The van der Waals surface area contributed by atoms with Gasteiger partial charge in [-0.05, 0) is 44.5 Å². The number of benzene rings is 1. The lowest BCUT2D eigenvalue weighted by Crippen LogP contribution is -2.15. The first kappa shape index (κ1) is 15.6. The molecule has 0 saturated carbocycles. The van der Waals surface area contributed by atoms with Crippen molar-refractivity contribution < 1.29 is 4.74 Å². The Bertz CT molecular complexity index is 531. The molecule has 2 aromatic rings. The van der Waals surface area contributed by atoms with Crippen molar-refractivity contribution >= 4 is 0 Å². The number of likely N-dealkylation sites (N-methyl/N-ethyl adjacent to an activating group) is 1. The van der Waals surface area contributed by atoms with Crippen molar-refractivity contribution in [3.05, 3.63) is 47.8 Å². The Morgan fingerprint density at radius 3 is 2.52 bits per heavy atom. The van der Waals surface area contributed by atoms with Gasteiger partial charge in [0.05, 0.1) is 12.4 Å². The quantitative estimate of drug-likeness (QED) is 0.758. The van der Waals surface area contributed by atoms with E-state index in [0.29, 0.717) is 12.6 Å². The summed E-state index contributed by atoms with van der Waals surface area (Å²) in [4.78, 5) is 0.